The van der Waals surface area contributed by atoms with E-state index in [1.54, 1.807) is 0 Å². The van der Waals surface area contributed by atoms with Crippen molar-refractivity contribution in [1.82, 2.24) is 0 Å². The molecule has 0 bridgehead atoms. The van der Waals surface area contributed by atoms with Gasteiger partial charge in [0.15, 0.2) is 0 Å². The predicted octanol–water partition coefficient (Wildman–Crippen LogP) is 8.64. The highest BCUT2D eigenvalue weighted by Crippen LogP contribution is 2.42. The third kappa shape index (κ3) is 6.04. The standard InChI is InChI=1S/C34H42O3Si/c1-7-17-27-25-35-31(24-32(27)37-38(5,6)33(2,3)4)26-36-34(28-18-11-8-12-19-28,29-20-13-9-14-21-29)30-22-15-10-16-23-30/h7-16,18-23,31H,1,17,24-26H2,2-6H3/t31-/m0/s1. The molecule has 3 aromatic rings. The van der Waals surface area contributed by atoms with Crippen LogP contribution in [-0.2, 0) is 19.5 Å². The quantitative estimate of drug-likeness (QED) is 0.150. The highest BCUT2D eigenvalue weighted by atomic mass is 28.4. The van der Waals surface area contributed by atoms with E-state index in [1.807, 2.05) is 24.3 Å². The number of hydrogen-bond acceptors (Lipinski definition) is 3. The highest BCUT2D eigenvalue weighted by molar-refractivity contribution is 6.74. The largest absolute Gasteiger partial charge is 0.546 e. The van der Waals surface area contributed by atoms with Gasteiger partial charge in [-0.15, -0.1) is 6.58 Å². The van der Waals surface area contributed by atoms with Gasteiger partial charge in [-0.2, -0.15) is 0 Å². The first kappa shape index (κ1) is 28.1. The minimum Gasteiger partial charge on any atom is -0.546 e. The second-order valence-corrected chi connectivity index (χ2v) is 16.3. The summed E-state index contributed by atoms with van der Waals surface area (Å²) in [6.45, 7) is 16.4. The molecule has 38 heavy (non-hydrogen) atoms. The molecule has 0 aromatic heterocycles. The fourth-order valence-electron chi connectivity index (χ4n) is 4.72. The molecule has 4 rings (SSSR count). The van der Waals surface area contributed by atoms with Crippen LogP contribution in [0.25, 0.3) is 0 Å². The Bertz CT molecular complexity index is 1110. The monoisotopic (exact) mass is 526 g/mol. The molecule has 0 spiro atoms. The Morgan fingerprint density at radius 3 is 1.74 bits per heavy atom. The number of rotatable bonds is 10. The summed E-state index contributed by atoms with van der Waals surface area (Å²) in [4.78, 5) is 0. The van der Waals surface area contributed by atoms with Crippen LogP contribution < -0.4 is 0 Å². The van der Waals surface area contributed by atoms with Crippen molar-refractivity contribution in [3.63, 3.8) is 0 Å². The maximum absolute atomic E-state index is 7.06. The third-order valence-electron chi connectivity index (χ3n) is 7.90. The van der Waals surface area contributed by atoms with Crippen LogP contribution in [0.15, 0.2) is 115 Å². The second kappa shape index (κ2) is 11.9. The van der Waals surface area contributed by atoms with E-state index >= 15 is 0 Å². The molecular formula is C34H42O3Si. The summed E-state index contributed by atoms with van der Waals surface area (Å²) in [7, 11) is -2.00. The SMILES string of the molecule is C=CCC1=C(O[Si](C)(C)C(C)(C)C)C[C@@H](COC(c2ccccc2)(c2ccccc2)c2ccccc2)OC1. The van der Waals surface area contributed by atoms with Gasteiger partial charge in [-0.3, -0.25) is 0 Å². The summed E-state index contributed by atoms with van der Waals surface area (Å²) >= 11 is 0. The molecule has 0 aliphatic carbocycles. The minimum absolute atomic E-state index is 0.112. The van der Waals surface area contributed by atoms with E-state index in [2.05, 4.69) is 113 Å². The zero-order valence-electron chi connectivity index (χ0n) is 23.6. The van der Waals surface area contributed by atoms with E-state index in [0.717, 1.165) is 28.9 Å². The smallest absolute Gasteiger partial charge is 0.250 e. The van der Waals surface area contributed by atoms with Gasteiger partial charge < -0.3 is 13.9 Å². The normalized spacial score (nSPS) is 16.8. The summed E-state index contributed by atoms with van der Waals surface area (Å²) in [5, 5.41) is 0.118. The first-order valence-electron chi connectivity index (χ1n) is 13.6. The Morgan fingerprint density at radius 1 is 0.842 bits per heavy atom. The molecule has 0 N–H and O–H groups in total. The highest BCUT2D eigenvalue weighted by Gasteiger charge is 2.42. The van der Waals surface area contributed by atoms with Crippen LogP contribution >= 0.6 is 0 Å². The van der Waals surface area contributed by atoms with Gasteiger partial charge in [0.2, 0.25) is 8.32 Å². The lowest BCUT2D eigenvalue weighted by atomic mass is 9.80. The van der Waals surface area contributed by atoms with E-state index in [1.165, 1.54) is 5.57 Å². The molecule has 1 heterocycles. The number of allylic oxidation sites excluding steroid dienone is 1. The Hall–Kier alpha value is -2.92. The maximum Gasteiger partial charge on any atom is 0.250 e. The molecule has 3 aromatic carbocycles. The molecule has 200 valence electrons. The van der Waals surface area contributed by atoms with Gasteiger partial charge in [0.05, 0.1) is 25.1 Å². The summed E-state index contributed by atoms with van der Waals surface area (Å²) in [5.74, 6) is 1.07. The molecule has 0 saturated heterocycles. The average molecular weight is 527 g/mol. The van der Waals surface area contributed by atoms with Crippen molar-refractivity contribution in [3.8, 4) is 0 Å². The lowest BCUT2D eigenvalue weighted by molar-refractivity contribution is -0.0681. The molecule has 0 saturated carbocycles. The number of ether oxygens (including phenoxy) is 2. The molecule has 3 nitrogen and oxygen atoms in total. The van der Waals surface area contributed by atoms with Gasteiger partial charge in [-0.05, 0) is 46.8 Å². The van der Waals surface area contributed by atoms with Crippen molar-refractivity contribution in [1.29, 1.82) is 0 Å². The molecule has 0 fully saturated rings. The maximum atomic E-state index is 7.06. The van der Waals surface area contributed by atoms with Crippen molar-refractivity contribution in [2.45, 2.75) is 63.5 Å². The Labute approximate surface area is 230 Å². The first-order chi connectivity index (χ1) is 18.2. The number of hydrogen-bond donors (Lipinski definition) is 0. The van der Waals surface area contributed by atoms with Crippen molar-refractivity contribution in [3.05, 3.63) is 132 Å². The van der Waals surface area contributed by atoms with Gasteiger partial charge in [0, 0.05) is 6.42 Å². The molecule has 0 unspecified atom stereocenters. The Kier molecular flexibility index (Phi) is 8.77. The molecule has 4 heteroatoms. The topological polar surface area (TPSA) is 27.7 Å². The van der Waals surface area contributed by atoms with Gasteiger partial charge in [0.1, 0.15) is 5.60 Å². The minimum atomic E-state index is -2.00. The fraction of sp³-hybridized carbons (Fsp3) is 0.353. The van der Waals surface area contributed by atoms with Crippen molar-refractivity contribution in [2.75, 3.05) is 13.2 Å². The third-order valence-corrected chi connectivity index (χ3v) is 12.3. The van der Waals surface area contributed by atoms with Crippen LogP contribution in [0.3, 0.4) is 0 Å². The van der Waals surface area contributed by atoms with Crippen molar-refractivity contribution in [2.24, 2.45) is 0 Å². The van der Waals surface area contributed by atoms with E-state index in [0.29, 0.717) is 19.6 Å². The summed E-state index contributed by atoms with van der Waals surface area (Å²) in [6.07, 6.45) is 3.30. The summed E-state index contributed by atoms with van der Waals surface area (Å²) in [6, 6.07) is 31.5. The van der Waals surface area contributed by atoms with Crippen LogP contribution in [0.1, 0.15) is 50.3 Å². The number of benzene rings is 3. The van der Waals surface area contributed by atoms with Crippen LogP contribution in [0.2, 0.25) is 18.1 Å². The van der Waals surface area contributed by atoms with E-state index in [9.17, 15) is 0 Å². The van der Waals surface area contributed by atoms with Crippen molar-refractivity contribution >= 4 is 8.32 Å². The van der Waals surface area contributed by atoms with Crippen LogP contribution in [-0.4, -0.2) is 27.6 Å². The molecule has 1 aliphatic rings. The Morgan fingerprint density at radius 2 is 1.32 bits per heavy atom. The van der Waals surface area contributed by atoms with E-state index in [-0.39, 0.29) is 11.1 Å². The zero-order valence-corrected chi connectivity index (χ0v) is 24.6. The first-order valence-corrected chi connectivity index (χ1v) is 16.5. The lowest BCUT2D eigenvalue weighted by Gasteiger charge is -2.41. The van der Waals surface area contributed by atoms with Crippen LogP contribution in [0.4, 0.5) is 0 Å². The molecule has 1 aliphatic heterocycles. The molecular weight excluding hydrogens is 484 g/mol. The van der Waals surface area contributed by atoms with Gasteiger partial charge in [-0.25, -0.2) is 0 Å². The van der Waals surface area contributed by atoms with Crippen LogP contribution in [0, 0.1) is 0 Å². The fourth-order valence-corrected chi connectivity index (χ4v) is 5.87. The van der Waals surface area contributed by atoms with Crippen molar-refractivity contribution < 1.29 is 13.9 Å². The molecule has 1 atom stereocenters. The summed E-state index contributed by atoms with van der Waals surface area (Å²) < 4.78 is 20.3. The van der Waals surface area contributed by atoms with E-state index < -0.39 is 13.9 Å². The van der Waals surface area contributed by atoms with Gasteiger partial charge >= 0.3 is 0 Å². The van der Waals surface area contributed by atoms with Crippen LogP contribution in [0.5, 0.6) is 0 Å². The summed E-state index contributed by atoms with van der Waals surface area (Å²) in [5.41, 5.74) is 3.71. The lowest BCUT2D eigenvalue weighted by Crippen LogP contribution is -2.42. The molecule has 0 radical (unpaired) electrons. The zero-order chi connectivity index (χ0) is 27.2. The van der Waals surface area contributed by atoms with E-state index in [4.69, 9.17) is 13.9 Å². The predicted molar refractivity (Wildman–Crippen MR) is 160 cm³/mol. The Balaban J connectivity index is 1.68. The van der Waals surface area contributed by atoms with Gasteiger partial charge in [-0.1, -0.05) is 118 Å². The average Bonchev–Trinajstić information content (AvgIpc) is 2.91. The molecule has 0 amide bonds. The van der Waals surface area contributed by atoms with Gasteiger partial charge in [0.25, 0.3) is 0 Å². The second-order valence-electron chi connectivity index (χ2n) is 11.6.